The first-order chi connectivity index (χ1) is 9.10. The fraction of sp³-hybridized carbons (Fsp3) is 0.500. The van der Waals surface area contributed by atoms with E-state index in [4.69, 9.17) is 16.2 Å². The molecule has 1 aliphatic carbocycles. The van der Waals surface area contributed by atoms with E-state index in [0.29, 0.717) is 23.4 Å². The number of amides is 1. The zero-order valence-electron chi connectivity index (χ0n) is 11.2. The van der Waals surface area contributed by atoms with Crippen molar-refractivity contribution in [2.75, 3.05) is 12.4 Å². The number of hydrogen-bond donors (Lipinski definition) is 3. The van der Waals surface area contributed by atoms with Gasteiger partial charge in [0.1, 0.15) is 5.75 Å². The SMILES string of the molecule is COc1cc(N[C@H]2CC[C@H](N)CC2)ccc1C(N)=O. The Morgan fingerprint density at radius 1 is 1.32 bits per heavy atom. The summed E-state index contributed by atoms with van der Waals surface area (Å²) in [5.74, 6) is 0.0250. The highest BCUT2D eigenvalue weighted by atomic mass is 16.5. The summed E-state index contributed by atoms with van der Waals surface area (Å²) in [6, 6.07) is 6.14. The molecule has 0 unspecified atom stereocenters. The van der Waals surface area contributed by atoms with Gasteiger partial charge in [0.05, 0.1) is 12.7 Å². The molecule has 0 radical (unpaired) electrons. The van der Waals surface area contributed by atoms with Crippen molar-refractivity contribution in [3.63, 3.8) is 0 Å². The summed E-state index contributed by atoms with van der Waals surface area (Å²) < 4.78 is 5.19. The molecule has 5 heteroatoms. The van der Waals surface area contributed by atoms with Crippen molar-refractivity contribution in [1.29, 1.82) is 0 Å². The second-order valence-corrected chi connectivity index (χ2v) is 5.04. The third-order valence-electron chi connectivity index (χ3n) is 3.61. The number of nitrogens with one attached hydrogen (secondary N) is 1. The fourth-order valence-electron chi connectivity index (χ4n) is 2.48. The number of benzene rings is 1. The minimum atomic E-state index is -0.480. The van der Waals surface area contributed by atoms with Gasteiger partial charge in [0, 0.05) is 23.8 Å². The number of hydrogen-bond acceptors (Lipinski definition) is 4. The minimum Gasteiger partial charge on any atom is -0.496 e. The number of nitrogens with two attached hydrogens (primary N) is 2. The van der Waals surface area contributed by atoms with Gasteiger partial charge in [0.25, 0.3) is 5.91 Å². The summed E-state index contributed by atoms with van der Waals surface area (Å²) in [5, 5.41) is 3.45. The van der Waals surface area contributed by atoms with E-state index in [2.05, 4.69) is 5.32 Å². The van der Waals surface area contributed by atoms with Crippen LogP contribution in [0.5, 0.6) is 5.75 Å². The standard InChI is InChI=1S/C14H21N3O2/c1-19-13-8-11(6-7-12(13)14(16)18)17-10-4-2-9(15)3-5-10/h6-10,17H,2-5,15H2,1H3,(H2,16,18)/t9-,10-. The molecule has 1 saturated carbocycles. The molecule has 1 aliphatic rings. The molecule has 1 amide bonds. The van der Waals surface area contributed by atoms with Crippen molar-refractivity contribution < 1.29 is 9.53 Å². The summed E-state index contributed by atoms with van der Waals surface area (Å²) in [6.45, 7) is 0. The highest BCUT2D eigenvalue weighted by Gasteiger charge is 2.18. The van der Waals surface area contributed by atoms with Crippen LogP contribution in [0.3, 0.4) is 0 Å². The smallest absolute Gasteiger partial charge is 0.252 e. The van der Waals surface area contributed by atoms with Crippen LogP contribution in [-0.2, 0) is 0 Å². The number of ether oxygens (including phenoxy) is 1. The number of methoxy groups -OCH3 is 1. The number of primary amides is 1. The zero-order chi connectivity index (χ0) is 13.8. The van der Waals surface area contributed by atoms with E-state index in [1.54, 1.807) is 6.07 Å². The largest absolute Gasteiger partial charge is 0.496 e. The third kappa shape index (κ3) is 3.38. The molecule has 5 N–H and O–H groups in total. The van der Waals surface area contributed by atoms with E-state index >= 15 is 0 Å². The molecule has 0 aromatic heterocycles. The quantitative estimate of drug-likeness (QED) is 0.767. The summed E-state index contributed by atoms with van der Waals surface area (Å²) in [5.41, 5.74) is 12.5. The van der Waals surface area contributed by atoms with Crippen molar-refractivity contribution in [2.45, 2.75) is 37.8 Å². The highest BCUT2D eigenvalue weighted by molar-refractivity contribution is 5.96. The molecule has 0 saturated heterocycles. The summed E-state index contributed by atoms with van der Waals surface area (Å²) in [6.07, 6.45) is 4.24. The van der Waals surface area contributed by atoms with Gasteiger partial charge in [-0.05, 0) is 37.8 Å². The first-order valence-corrected chi connectivity index (χ1v) is 6.60. The minimum absolute atomic E-state index is 0.338. The Labute approximate surface area is 113 Å². The van der Waals surface area contributed by atoms with E-state index in [-0.39, 0.29) is 0 Å². The zero-order valence-corrected chi connectivity index (χ0v) is 11.2. The maximum atomic E-state index is 11.2. The first-order valence-electron chi connectivity index (χ1n) is 6.60. The molecule has 1 aromatic rings. The van der Waals surface area contributed by atoms with Crippen LogP contribution in [0.25, 0.3) is 0 Å². The van der Waals surface area contributed by atoms with Gasteiger partial charge in [0.2, 0.25) is 0 Å². The Morgan fingerprint density at radius 3 is 2.58 bits per heavy atom. The lowest BCUT2D eigenvalue weighted by molar-refractivity contribution is 0.0997. The molecule has 104 valence electrons. The van der Waals surface area contributed by atoms with Crippen molar-refractivity contribution in [3.8, 4) is 5.75 Å². The molecular weight excluding hydrogens is 242 g/mol. The lowest BCUT2D eigenvalue weighted by Crippen LogP contribution is -2.32. The summed E-state index contributed by atoms with van der Waals surface area (Å²) in [7, 11) is 1.53. The van der Waals surface area contributed by atoms with Crippen molar-refractivity contribution in [3.05, 3.63) is 23.8 Å². The number of anilines is 1. The van der Waals surface area contributed by atoms with Crippen LogP contribution in [0.1, 0.15) is 36.0 Å². The summed E-state index contributed by atoms with van der Waals surface area (Å²) in [4.78, 5) is 11.2. The Morgan fingerprint density at radius 2 is 2.00 bits per heavy atom. The van der Waals surface area contributed by atoms with Crippen LogP contribution in [0.15, 0.2) is 18.2 Å². The van der Waals surface area contributed by atoms with Gasteiger partial charge in [-0.25, -0.2) is 0 Å². The Balaban J connectivity index is 2.07. The number of carbonyl (C=O) groups excluding carboxylic acids is 1. The van der Waals surface area contributed by atoms with Crippen molar-refractivity contribution >= 4 is 11.6 Å². The lowest BCUT2D eigenvalue weighted by Gasteiger charge is -2.27. The molecular formula is C14H21N3O2. The molecule has 19 heavy (non-hydrogen) atoms. The Kier molecular flexibility index (Phi) is 4.27. The van der Waals surface area contributed by atoms with Gasteiger partial charge < -0.3 is 21.5 Å². The molecule has 0 heterocycles. The van der Waals surface area contributed by atoms with Crippen LogP contribution in [0.2, 0.25) is 0 Å². The van der Waals surface area contributed by atoms with E-state index < -0.39 is 5.91 Å². The Bertz CT molecular complexity index is 454. The third-order valence-corrected chi connectivity index (χ3v) is 3.61. The first kappa shape index (κ1) is 13.7. The van der Waals surface area contributed by atoms with Gasteiger partial charge in [-0.2, -0.15) is 0 Å². The number of carbonyl (C=O) groups is 1. The summed E-state index contributed by atoms with van der Waals surface area (Å²) >= 11 is 0. The van der Waals surface area contributed by atoms with Gasteiger partial charge in [-0.1, -0.05) is 0 Å². The second kappa shape index (κ2) is 5.93. The highest BCUT2D eigenvalue weighted by Crippen LogP contribution is 2.26. The maximum Gasteiger partial charge on any atom is 0.252 e. The second-order valence-electron chi connectivity index (χ2n) is 5.04. The maximum absolute atomic E-state index is 11.2. The fourth-order valence-corrected chi connectivity index (χ4v) is 2.48. The van der Waals surface area contributed by atoms with Crippen LogP contribution >= 0.6 is 0 Å². The molecule has 1 aromatic carbocycles. The van der Waals surface area contributed by atoms with E-state index in [0.717, 1.165) is 31.4 Å². The molecule has 0 spiro atoms. The van der Waals surface area contributed by atoms with Gasteiger partial charge in [0.15, 0.2) is 0 Å². The molecule has 0 bridgehead atoms. The van der Waals surface area contributed by atoms with Gasteiger partial charge in [-0.3, -0.25) is 4.79 Å². The molecule has 1 fully saturated rings. The molecule has 2 rings (SSSR count). The van der Waals surface area contributed by atoms with Crippen LogP contribution < -0.4 is 21.5 Å². The predicted molar refractivity (Wildman–Crippen MR) is 75.4 cm³/mol. The van der Waals surface area contributed by atoms with Crippen LogP contribution in [0.4, 0.5) is 5.69 Å². The average molecular weight is 263 g/mol. The van der Waals surface area contributed by atoms with Gasteiger partial charge >= 0.3 is 0 Å². The average Bonchev–Trinajstić information content (AvgIpc) is 2.41. The van der Waals surface area contributed by atoms with Crippen LogP contribution in [0, 0.1) is 0 Å². The number of rotatable bonds is 4. The lowest BCUT2D eigenvalue weighted by atomic mass is 9.91. The monoisotopic (exact) mass is 263 g/mol. The Hall–Kier alpha value is -1.75. The molecule has 5 nitrogen and oxygen atoms in total. The molecule has 0 aliphatic heterocycles. The van der Waals surface area contributed by atoms with Crippen molar-refractivity contribution in [1.82, 2.24) is 0 Å². The predicted octanol–water partition coefficient (Wildman–Crippen LogP) is 1.48. The topological polar surface area (TPSA) is 90.4 Å². The normalized spacial score (nSPS) is 22.8. The molecule has 0 atom stereocenters. The van der Waals surface area contributed by atoms with E-state index in [1.807, 2.05) is 12.1 Å². The van der Waals surface area contributed by atoms with Crippen molar-refractivity contribution in [2.24, 2.45) is 11.5 Å². The van der Waals surface area contributed by atoms with E-state index in [1.165, 1.54) is 7.11 Å². The van der Waals surface area contributed by atoms with Crippen LogP contribution in [-0.4, -0.2) is 25.1 Å². The van der Waals surface area contributed by atoms with Gasteiger partial charge in [-0.15, -0.1) is 0 Å². The van der Waals surface area contributed by atoms with E-state index in [9.17, 15) is 4.79 Å².